The Morgan fingerprint density at radius 2 is 1.88 bits per heavy atom. The van der Waals surface area contributed by atoms with Crippen LogP contribution in [0.25, 0.3) is 0 Å². The zero-order valence-electron chi connectivity index (χ0n) is 17.8. The normalized spacial score (nSPS) is 12.7. The number of benzene rings is 1. The van der Waals surface area contributed by atoms with Gasteiger partial charge in [0.2, 0.25) is 11.8 Å². The van der Waals surface area contributed by atoms with Gasteiger partial charge in [0.1, 0.15) is 11.6 Å². The average molecular weight is 470 g/mol. The first-order valence-corrected chi connectivity index (χ1v) is 12.0. The fraction of sp³-hybridized carbons (Fsp3) is 0.304. The van der Waals surface area contributed by atoms with Crippen molar-refractivity contribution in [2.45, 2.75) is 46.1 Å². The van der Waals surface area contributed by atoms with E-state index in [-0.39, 0.29) is 18.4 Å². The molecular weight excluding hydrogens is 446 g/mol. The zero-order valence-corrected chi connectivity index (χ0v) is 19.5. The maximum Gasteiger partial charge on any atom is 0.341 e. The first-order chi connectivity index (χ1) is 15.4. The number of para-hydroxylation sites is 1. The highest BCUT2D eigenvalue weighted by molar-refractivity contribution is 7.17. The predicted octanol–water partition coefficient (Wildman–Crippen LogP) is 5.08. The number of hydrogen-bond acceptors (Lipinski definition) is 7. The van der Waals surface area contributed by atoms with Gasteiger partial charge in [0, 0.05) is 24.1 Å². The quantitative estimate of drug-likeness (QED) is 0.509. The van der Waals surface area contributed by atoms with Gasteiger partial charge in [-0.1, -0.05) is 18.2 Å². The maximum absolute atomic E-state index is 13.0. The number of esters is 1. The summed E-state index contributed by atoms with van der Waals surface area (Å²) in [5.41, 5.74) is 2.74. The van der Waals surface area contributed by atoms with E-state index in [2.05, 4.69) is 10.3 Å². The van der Waals surface area contributed by atoms with E-state index in [1.165, 1.54) is 41.4 Å². The van der Waals surface area contributed by atoms with Crippen molar-refractivity contribution in [2.24, 2.45) is 0 Å². The monoisotopic (exact) mass is 469 g/mol. The molecule has 1 N–H and O–H groups in total. The molecule has 1 aliphatic carbocycles. The Balaban J connectivity index is 1.51. The van der Waals surface area contributed by atoms with Crippen LogP contribution in [0.2, 0.25) is 0 Å². The van der Waals surface area contributed by atoms with Crippen molar-refractivity contribution in [3.05, 3.63) is 57.4 Å². The van der Waals surface area contributed by atoms with Crippen LogP contribution >= 0.6 is 22.7 Å². The number of ether oxygens (including phenoxy) is 1. The van der Waals surface area contributed by atoms with E-state index in [1.807, 2.05) is 30.3 Å². The topological polar surface area (TPSA) is 88.6 Å². The number of fused-ring (bicyclic) bond motifs is 1. The van der Waals surface area contributed by atoms with Crippen LogP contribution in [-0.2, 0) is 33.8 Å². The third-order valence-electron chi connectivity index (χ3n) is 5.08. The third kappa shape index (κ3) is 4.73. The minimum Gasteiger partial charge on any atom is -0.455 e. The molecular formula is C23H23N3O4S2. The molecule has 0 bridgehead atoms. The molecule has 3 aromatic rings. The van der Waals surface area contributed by atoms with E-state index in [9.17, 15) is 14.4 Å². The van der Waals surface area contributed by atoms with E-state index in [0.29, 0.717) is 21.4 Å². The van der Waals surface area contributed by atoms with Gasteiger partial charge in [0.25, 0.3) is 0 Å². The van der Waals surface area contributed by atoms with E-state index in [0.717, 1.165) is 41.8 Å². The van der Waals surface area contributed by atoms with Gasteiger partial charge in [-0.15, -0.1) is 22.7 Å². The lowest BCUT2D eigenvalue weighted by Gasteiger charge is -2.17. The molecule has 0 aliphatic heterocycles. The van der Waals surface area contributed by atoms with Crippen LogP contribution in [0.1, 0.15) is 53.2 Å². The van der Waals surface area contributed by atoms with Crippen molar-refractivity contribution in [3.63, 3.8) is 0 Å². The number of aromatic nitrogens is 1. The summed E-state index contributed by atoms with van der Waals surface area (Å²) in [5, 5.41) is 5.63. The number of nitrogens with one attached hydrogen (secondary N) is 1. The highest BCUT2D eigenvalue weighted by Gasteiger charge is 2.27. The van der Waals surface area contributed by atoms with Crippen molar-refractivity contribution >= 4 is 56.3 Å². The number of rotatable bonds is 6. The summed E-state index contributed by atoms with van der Waals surface area (Å²) in [7, 11) is 0. The Labute approximate surface area is 194 Å². The molecule has 166 valence electrons. The molecule has 2 heterocycles. The van der Waals surface area contributed by atoms with Crippen LogP contribution in [0.15, 0.2) is 35.7 Å². The van der Waals surface area contributed by atoms with Gasteiger partial charge in [-0.3, -0.25) is 14.5 Å². The molecule has 32 heavy (non-hydrogen) atoms. The molecule has 0 spiro atoms. The summed E-state index contributed by atoms with van der Waals surface area (Å²) >= 11 is 2.77. The second kappa shape index (κ2) is 9.62. The molecule has 0 unspecified atom stereocenters. The van der Waals surface area contributed by atoms with Crippen LogP contribution in [0.5, 0.6) is 0 Å². The molecule has 2 amide bonds. The molecule has 1 aromatic carbocycles. The number of anilines is 3. The van der Waals surface area contributed by atoms with Crippen LogP contribution in [0.3, 0.4) is 0 Å². The molecule has 0 radical (unpaired) electrons. The van der Waals surface area contributed by atoms with Gasteiger partial charge in [0.05, 0.1) is 16.9 Å². The summed E-state index contributed by atoms with van der Waals surface area (Å²) in [6.07, 6.45) is 3.81. The highest BCUT2D eigenvalue weighted by Crippen LogP contribution is 2.38. The van der Waals surface area contributed by atoms with Crippen LogP contribution < -0.4 is 10.2 Å². The van der Waals surface area contributed by atoms with E-state index in [1.54, 1.807) is 5.38 Å². The van der Waals surface area contributed by atoms with Crippen LogP contribution in [-0.4, -0.2) is 22.8 Å². The van der Waals surface area contributed by atoms with Gasteiger partial charge in [-0.2, -0.15) is 0 Å². The van der Waals surface area contributed by atoms with Crippen molar-refractivity contribution < 1.29 is 19.1 Å². The standard InChI is InChI=1S/C23H23N3O4S2/c1-14(27)24-21-20(18-10-6-7-11-19(18)32-21)22(29)30-12-16-13-31-23(25-16)26(15(2)28)17-8-4-3-5-9-17/h3-5,8-9,13H,6-7,10-12H2,1-2H3,(H,24,27). The Bertz CT molecular complexity index is 1150. The lowest BCUT2D eigenvalue weighted by Crippen LogP contribution is -2.22. The summed E-state index contributed by atoms with van der Waals surface area (Å²) in [6.45, 7) is 2.90. The zero-order chi connectivity index (χ0) is 22.7. The molecule has 9 heteroatoms. The number of thiazole rings is 1. The van der Waals surface area contributed by atoms with Crippen LogP contribution in [0, 0.1) is 0 Å². The number of carbonyl (C=O) groups is 3. The SMILES string of the molecule is CC(=O)Nc1sc2c(c1C(=O)OCc1csc(N(C(C)=O)c3ccccc3)n1)CCCC2. The predicted molar refractivity (Wildman–Crippen MR) is 126 cm³/mol. The number of amides is 2. The minimum absolute atomic E-state index is 0.0139. The molecule has 7 nitrogen and oxygen atoms in total. The maximum atomic E-state index is 13.0. The van der Waals surface area contributed by atoms with Crippen molar-refractivity contribution in [2.75, 3.05) is 10.2 Å². The van der Waals surface area contributed by atoms with Gasteiger partial charge >= 0.3 is 5.97 Å². The van der Waals surface area contributed by atoms with Gasteiger partial charge in [-0.25, -0.2) is 9.78 Å². The molecule has 0 saturated heterocycles. The Morgan fingerprint density at radius 3 is 2.59 bits per heavy atom. The molecule has 0 atom stereocenters. The summed E-state index contributed by atoms with van der Waals surface area (Å²) in [6, 6.07) is 9.27. The van der Waals surface area contributed by atoms with Crippen molar-refractivity contribution in [1.82, 2.24) is 4.98 Å². The first kappa shape index (κ1) is 22.2. The Morgan fingerprint density at radius 1 is 1.12 bits per heavy atom. The molecule has 1 aliphatic rings. The van der Waals surface area contributed by atoms with Crippen molar-refractivity contribution in [3.8, 4) is 0 Å². The second-order valence-corrected chi connectivity index (χ2v) is 9.43. The molecule has 4 rings (SSSR count). The van der Waals surface area contributed by atoms with E-state index >= 15 is 0 Å². The number of aryl methyl sites for hydroxylation is 1. The summed E-state index contributed by atoms with van der Waals surface area (Å²) in [4.78, 5) is 44.0. The summed E-state index contributed by atoms with van der Waals surface area (Å²) < 4.78 is 5.58. The largest absolute Gasteiger partial charge is 0.455 e. The highest BCUT2D eigenvalue weighted by atomic mass is 32.1. The first-order valence-electron chi connectivity index (χ1n) is 10.3. The fourth-order valence-corrected chi connectivity index (χ4v) is 5.91. The summed E-state index contributed by atoms with van der Waals surface area (Å²) in [5.74, 6) is -0.833. The number of thiophene rings is 1. The Hall–Kier alpha value is -3.04. The van der Waals surface area contributed by atoms with Crippen molar-refractivity contribution in [1.29, 1.82) is 0 Å². The average Bonchev–Trinajstić information content (AvgIpc) is 3.36. The lowest BCUT2D eigenvalue weighted by atomic mass is 9.95. The minimum atomic E-state index is -0.464. The Kier molecular flexibility index (Phi) is 6.66. The fourth-order valence-electron chi connectivity index (χ4n) is 3.71. The molecule has 0 saturated carbocycles. The van der Waals surface area contributed by atoms with Crippen LogP contribution in [0.4, 0.5) is 15.8 Å². The lowest BCUT2D eigenvalue weighted by molar-refractivity contribution is -0.116. The molecule has 0 fully saturated rings. The van der Waals surface area contributed by atoms with E-state index in [4.69, 9.17) is 4.74 Å². The molecule has 2 aromatic heterocycles. The number of carbonyl (C=O) groups excluding carboxylic acids is 3. The number of nitrogens with zero attached hydrogens (tertiary/aromatic N) is 2. The number of hydrogen-bond donors (Lipinski definition) is 1. The van der Waals surface area contributed by atoms with Gasteiger partial charge < -0.3 is 10.1 Å². The van der Waals surface area contributed by atoms with Gasteiger partial charge in [0.15, 0.2) is 5.13 Å². The second-order valence-electron chi connectivity index (χ2n) is 7.48. The third-order valence-corrected chi connectivity index (χ3v) is 7.16. The van der Waals surface area contributed by atoms with Gasteiger partial charge in [-0.05, 0) is 43.4 Å². The smallest absolute Gasteiger partial charge is 0.341 e. The van der Waals surface area contributed by atoms with E-state index < -0.39 is 5.97 Å².